The van der Waals surface area contributed by atoms with Gasteiger partial charge in [0.05, 0.1) is 11.0 Å². The first-order valence-electron chi connectivity index (χ1n) is 13.5. The summed E-state index contributed by atoms with van der Waals surface area (Å²) in [4.78, 5) is 15.2. The van der Waals surface area contributed by atoms with Crippen LogP contribution in [0.2, 0.25) is 0 Å². The molecule has 5 nitrogen and oxygen atoms in total. The van der Waals surface area contributed by atoms with Crippen molar-refractivity contribution in [3.8, 4) is 0 Å². The Kier molecular flexibility index (Phi) is 9.23. The standard InChI is InChI=1S/C20H28N2.C11H13N3/c1-2-5-16-8-10-17(11-9-16)14-21-15-18-12-13-22-20-7-4-3-6-19(18)20;1-8-12-10-7-5-4-6-9(10)11(13-8)14(2)3/h3-4,6-7,12-13,16-17,21H,2,5,8-11,14-15H2,1H3;4-7H,1-3H3. The normalized spacial score (nSPS) is 17.6. The van der Waals surface area contributed by atoms with Crippen molar-refractivity contribution in [2.45, 2.75) is 58.9 Å². The molecule has 5 rings (SSSR count). The number of nitrogens with one attached hydrogen (secondary N) is 1. The summed E-state index contributed by atoms with van der Waals surface area (Å²) in [5.41, 5.74) is 3.47. The highest BCUT2D eigenvalue weighted by molar-refractivity contribution is 5.89. The third-order valence-electron chi connectivity index (χ3n) is 7.27. The Bertz CT molecular complexity index is 1240. The van der Waals surface area contributed by atoms with E-state index >= 15 is 0 Å². The van der Waals surface area contributed by atoms with E-state index in [4.69, 9.17) is 0 Å². The number of anilines is 1. The van der Waals surface area contributed by atoms with Crippen LogP contribution >= 0.6 is 0 Å². The van der Waals surface area contributed by atoms with Crippen LogP contribution in [0.3, 0.4) is 0 Å². The van der Waals surface area contributed by atoms with Crippen LogP contribution in [0.5, 0.6) is 0 Å². The third-order valence-corrected chi connectivity index (χ3v) is 7.27. The average molecular weight is 484 g/mol. The predicted molar refractivity (Wildman–Crippen MR) is 152 cm³/mol. The van der Waals surface area contributed by atoms with Crippen LogP contribution in [-0.4, -0.2) is 35.6 Å². The van der Waals surface area contributed by atoms with E-state index < -0.39 is 0 Å². The summed E-state index contributed by atoms with van der Waals surface area (Å²) in [5.74, 6) is 3.67. The van der Waals surface area contributed by atoms with Gasteiger partial charge < -0.3 is 10.2 Å². The van der Waals surface area contributed by atoms with Gasteiger partial charge >= 0.3 is 0 Å². The molecule has 1 fully saturated rings. The van der Waals surface area contributed by atoms with Crippen LogP contribution in [0.25, 0.3) is 21.8 Å². The van der Waals surface area contributed by atoms with Crippen LogP contribution < -0.4 is 10.2 Å². The molecule has 0 atom stereocenters. The molecule has 0 spiro atoms. The molecule has 0 amide bonds. The number of benzene rings is 2. The van der Waals surface area contributed by atoms with Gasteiger partial charge in [0, 0.05) is 37.6 Å². The van der Waals surface area contributed by atoms with Gasteiger partial charge in [-0.15, -0.1) is 0 Å². The summed E-state index contributed by atoms with van der Waals surface area (Å²) >= 11 is 0. The monoisotopic (exact) mass is 483 g/mol. The number of aryl methyl sites for hydroxylation is 1. The Balaban J connectivity index is 0.000000187. The summed E-state index contributed by atoms with van der Waals surface area (Å²) in [6.07, 6.45) is 10.4. The molecule has 0 radical (unpaired) electrons. The lowest BCUT2D eigenvalue weighted by Crippen LogP contribution is -2.26. The van der Waals surface area contributed by atoms with Gasteiger partial charge in [-0.05, 0) is 68.0 Å². The fourth-order valence-electron chi connectivity index (χ4n) is 5.37. The minimum atomic E-state index is 0.812. The molecule has 2 aromatic carbocycles. The number of rotatable bonds is 7. The van der Waals surface area contributed by atoms with Gasteiger partial charge in [-0.2, -0.15) is 0 Å². The molecule has 1 aliphatic rings. The topological polar surface area (TPSA) is 53.9 Å². The Morgan fingerprint density at radius 2 is 1.50 bits per heavy atom. The van der Waals surface area contributed by atoms with Crippen molar-refractivity contribution in [2.75, 3.05) is 25.5 Å². The quantitative estimate of drug-likeness (QED) is 0.309. The second-order valence-electron chi connectivity index (χ2n) is 10.3. The molecular weight excluding hydrogens is 442 g/mol. The van der Waals surface area contributed by atoms with Crippen LogP contribution in [0.15, 0.2) is 60.8 Å². The molecule has 0 bridgehead atoms. The van der Waals surface area contributed by atoms with Crippen LogP contribution in [0.1, 0.15) is 56.8 Å². The first-order chi connectivity index (χ1) is 17.5. The molecule has 2 aromatic heterocycles. The molecule has 1 aliphatic carbocycles. The lowest BCUT2D eigenvalue weighted by molar-refractivity contribution is 0.256. The third kappa shape index (κ3) is 6.79. The number of para-hydroxylation sites is 2. The van der Waals surface area contributed by atoms with E-state index in [9.17, 15) is 0 Å². The molecule has 0 unspecified atom stereocenters. The van der Waals surface area contributed by atoms with Gasteiger partial charge in [0.15, 0.2) is 0 Å². The summed E-state index contributed by atoms with van der Waals surface area (Å²) < 4.78 is 0. The Morgan fingerprint density at radius 3 is 2.22 bits per heavy atom. The molecular formula is C31H41N5. The van der Waals surface area contributed by atoms with Crippen LogP contribution in [0.4, 0.5) is 5.82 Å². The summed E-state index contributed by atoms with van der Waals surface area (Å²) in [6.45, 7) is 6.35. The zero-order chi connectivity index (χ0) is 25.3. The predicted octanol–water partition coefficient (Wildman–Crippen LogP) is 6.94. The van der Waals surface area contributed by atoms with Crippen molar-refractivity contribution in [2.24, 2.45) is 11.8 Å². The van der Waals surface area contributed by atoms with E-state index in [0.29, 0.717) is 0 Å². The first kappa shape index (κ1) is 26.0. The Morgan fingerprint density at radius 1 is 0.833 bits per heavy atom. The molecule has 0 aliphatic heterocycles. The van der Waals surface area contributed by atoms with E-state index in [1.165, 1.54) is 49.5 Å². The summed E-state index contributed by atoms with van der Waals surface area (Å²) in [7, 11) is 3.99. The van der Waals surface area contributed by atoms with Crippen molar-refractivity contribution < 1.29 is 0 Å². The molecule has 36 heavy (non-hydrogen) atoms. The second-order valence-corrected chi connectivity index (χ2v) is 10.3. The van der Waals surface area contributed by atoms with Crippen molar-refractivity contribution in [1.29, 1.82) is 0 Å². The minimum absolute atomic E-state index is 0.812. The lowest BCUT2D eigenvalue weighted by atomic mass is 9.80. The maximum absolute atomic E-state index is 4.44. The molecule has 4 aromatic rings. The molecule has 1 saturated carbocycles. The van der Waals surface area contributed by atoms with Gasteiger partial charge in [0.25, 0.3) is 0 Å². The highest BCUT2D eigenvalue weighted by atomic mass is 15.1. The van der Waals surface area contributed by atoms with Gasteiger partial charge in [0.1, 0.15) is 11.6 Å². The van der Waals surface area contributed by atoms with Gasteiger partial charge in [-0.1, -0.05) is 62.9 Å². The van der Waals surface area contributed by atoms with E-state index in [0.717, 1.165) is 53.0 Å². The van der Waals surface area contributed by atoms with Crippen molar-refractivity contribution in [1.82, 2.24) is 20.3 Å². The summed E-state index contributed by atoms with van der Waals surface area (Å²) in [5, 5.41) is 6.06. The van der Waals surface area contributed by atoms with E-state index in [1.807, 2.05) is 56.4 Å². The van der Waals surface area contributed by atoms with Crippen LogP contribution in [-0.2, 0) is 6.54 Å². The fourth-order valence-corrected chi connectivity index (χ4v) is 5.37. The molecule has 2 heterocycles. The number of aromatic nitrogens is 3. The van der Waals surface area contributed by atoms with E-state index in [-0.39, 0.29) is 0 Å². The largest absolute Gasteiger partial charge is 0.362 e. The van der Waals surface area contributed by atoms with Gasteiger partial charge in [-0.25, -0.2) is 9.97 Å². The highest BCUT2D eigenvalue weighted by Gasteiger charge is 2.20. The van der Waals surface area contributed by atoms with Gasteiger partial charge in [0.2, 0.25) is 0 Å². The SMILES string of the molecule is CCCC1CCC(CNCc2ccnc3ccccc23)CC1.Cc1nc(N(C)C)c2ccccc2n1. The molecule has 190 valence electrons. The highest BCUT2D eigenvalue weighted by Crippen LogP contribution is 2.31. The smallest absolute Gasteiger partial charge is 0.139 e. The molecule has 1 N–H and O–H groups in total. The van der Waals surface area contributed by atoms with Crippen molar-refractivity contribution >= 4 is 27.6 Å². The maximum Gasteiger partial charge on any atom is 0.139 e. The average Bonchev–Trinajstić information content (AvgIpc) is 2.90. The number of nitrogens with zero attached hydrogens (tertiary/aromatic N) is 4. The maximum atomic E-state index is 4.44. The first-order valence-corrected chi connectivity index (χ1v) is 13.5. The van der Waals surface area contributed by atoms with E-state index in [2.05, 4.69) is 57.5 Å². The molecule has 0 saturated heterocycles. The second kappa shape index (κ2) is 12.8. The van der Waals surface area contributed by atoms with Crippen molar-refractivity contribution in [3.63, 3.8) is 0 Å². The molecule has 5 heteroatoms. The number of pyridine rings is 1. The van der Waals surface area contributed by atoms with Gasteiger partial charge in [-0.3, -0.25) is 4.98 Å². The number of hydrogen-bond acceptors (Lipinski definition) is 5. The van der Waals surface area contributed by atoms with E-state index in [1.54, 1.807) is 0 Å². The zero-order valence-corrected chi connectivity index (χ0v) is 22.4. The number of fused-ring (bicyclic) bond motifs is 2. The van der Waals surface area contributed by atoms with Crippen LogP contribution in [0, 0.1) is 18.8 Å². The number of hydrogen-bond donors (Lipinski definition) is 1. The van der Waals surface area contributed by atoms with Crippen molar-refractivity contribution in [3.05, 3.63) is 72.2 Å². The fraction of sp³-hybridized carbons (Fsp3) is 0.452. The lowest BCUT2D eigenvalue weighted by Gasteiger charge is -2.28. The minimum Gasteiger partial charge on any atom is -0.362 e. The Hall–Kier alpha value is -3.05. The summed E-state index contributed by atoms with van der Waals surface area (Å²) in [6, 6.07) is 18.6. The zero-order valence-electron chi connectivity index (χ0n) is 22.4. The Labute approximate surface area is 216 Å².